The summed E-state index contributed by atoms with van der Waals surface area (Å²) in [6.45, 7) is 0. The molecule has 0 aliphatic heterocycles. The van der Waals surface area contributed by atoms with E-state index >= 15 is 0 Å². The summed E-state index contributed by atoms with van der Waals surface area (Å²) < 4.78 is 1.59. The molecular weight excluding hydrogens is 272 g/mol. The monoisotopic (exact) mass is 280 g/mol. The van der Waals surface area contributed by atoms with Gasteiger partial charge in [-0.2, -0.15) is 10.4 Å². The van der Waals surface area contributed by atoms with Crippen LogP contribution in [0.4, 0.5) is 0 Å². The number of nitriles is 1. The van der Waals surface area contributed by atoms with E-state index in [9.17, 15) is 0 Å². The van der Waals surface area contributed by atoms with Gasteiger partial charge >= 0.3 is 0 Å². The van der Waals surface area contributed by atoms with Gasteiger partial charge in [0.15, 0.2) is 11.5 Å². The van der Waals surface area contributed by atoms with Crippen LogP contribution in [0.2, 0.25) is 5.02 Å². The molecule has 0 radical (unpaired) electrons. The summed E-state index contributed by atoms with van der Waals surface area (Å²) >= 11 is 6.28. The zero-order valence-corrected chi connectivity index (χ0v) is 11.1. The molecule has 0 fully saturated rings. The second-order valence-electron chi connectivity index (χ2n) is 4.09. The molecule has 0 aliphatic rings. The van der Waals surface area contributed by atoms with Crippen LogP contribution in [0.15, 0.2) is 54.7 Å². The van der Waals surface area contributed by atoms with Gasteiger partial charge in [0, 0.05) is 11.8 Å². The molecule has 5 heteroatoms. The number of benzene rings is 1. The molecule has 3 rings (SSSR count). The van der Waals surface area contributed by atoms with Gasteiger partial charge in [0.2, 0.25) is 0 Å². The van der Waals surface area contributed by atoms with Crippen molar-refractivity contribution in [3.8, 4) is 23.1 Å². The quantitative estimate of drug-likeness (QED) is 0.722. The molecule has 2 aromatic heterocycles. The van der Waals surface area contributed by atoms with Crippen LogP contribution in [0.25, 0.3) is 17.1 Å². The van der Waals surface area contributed by atoms with E-state index in [0.29, 0.717) is 16.5 Å². The molecule has 3 aromatic rings. The van der Waals surface area contributed by atoms with E-state index in [2.05, 4.69) is 10.1 Å². The van der Waals surface area contributed by atoms with Crippen LogP contribution < -0.4 is 0 Å². The Hall–Kier alpha value is -2.64. The molecule has 0 saturated carbocycles. The lowest BCUT2D eigenvalue weighted by Crippen LogP contribution is -2.01. The smallest absolute Gasteiger partial charge is 0.182 e. The Balaban J connectivity index is 2.28. The third-order valence-corrected chi connectivity index (χ3v) is 3.21. The van der Waals surface area contributed by atoms with Gasteiger partial charge in [-0.25, -0.2) is 9.67 Å². The summed E-state index contributed by atoms with van der Waals surface area (Å²) in [5, 5.41) is 13.7. The maximum atomic E-state index is 9.12. The highest BCUT2D eigenvalue weighted by Crippen LogP contribution is 2.32. The first-order valence-corrected chi connectivity index (χ1v) is 6.34. The highest BCUT2D eigenvalue weighted by Gasteiger charge is 2.19. The Kier molecular flexibility index (Phi) is 3.20. The summed E-state index contributed by atoms with van der Waals surface area (Å²) in [7, 11) is 0. The van der Waals surface area contributed by atoms with Crippen molar-refractivity contribution >= 4 is 11.6 Å². The Morgan fingerprint density at radius 2 is 1.80 bits per heavy atom. The standard InChI is InChI=1S/C15H9ClN4/c16-14-12(10-17)19-20(13-8-4-5-9-18-13)15(14)11-6-2-1-3-7-11/h1-9H. The van der Waals surface area contributed by atoms with Gasteiger partial charge in [0.25, 0.3) is 0 Å². The van der Waals surface area contributed by atoms with Crippen LogP contribution >= 0.6 is 11.6 Å². The van der Waals surface area contributed by atoms with Gasteiger partial charge < -0.3 is 0 Å². The van der Waals surface area contributed by atoms with E-state index in [0.717, 1.165) is 5.56 Å². The highest BCUT2D eigenvalue weighted by molar-refractivity contribution is 6.34. The lowest BCUT2D eigenvalue weighted by molar-refractivity contribution is 0.848. The Morgan fingerprint density at radius 1 is 1.05 bits per heavy atom. The van der Waals surface area contributed by atoms with E-state index in [4.69, 9.17) is 16.9 Å². The molecule has 0 saturated heterocycles. The van der Waals surface area contributed by atoms with Gasteiger partial charge in [-0.1, -0.05) is 48.0 Å². The highest BCUT2D eigenvalue weighted by atomic mass is 35.5. The largest absolute Gasteiger partial charge is 0.237 e. The fraction of sp³-hybridized carbons (Fsp3) is 0. The SMILES string of the molecule is N#Cc1nn(-c2ccccn2)c(-c2ccccc2)c1Cl. The minimum atomic E-state index is 0.191. The molecule has 0 unspecified atom stereocenters. The number of aromatic nitrogens is 3. The molecule has 0 aliphatic carbocycles. The average molecular weight is 281 g/mol. The summed E-state index contributed by atoms with van der Waals surface area (Å²) in [6, 6.07) is 17.1. The molecule has 4 nitrogen and oxygen atoms in total. The second-order valence-corrected chi connectivity index (χ2v) is 4.47. The van der Waals surface area contributed by atoms with Crippen molar-refractivity contribution in [3.63, 3.8) is 0 Å². The van der Waals surface area contributed by atoms with Crippen LogP contribution in [0, 0.1) is 11.3 Å². The van der Waals surface area contributed by atoms with Crippen LogP contribution in [-0.4, -0.2) is 14.8 Å². The molecule has 0 atom stereocenters. The van der Waals surface area contributed by atoms with Crippen molar-refractivity contribution in [3.05, 3.63) is 65.4 Å². The van der Waals surface area contributed by atoms with Gasteiger partial charge in [-0.05, 0) is 12.1 Å². The Bertz CT molecular complexity index is 773. The van der Waals surface area contributed by atoms with E-state index in [1.165, 1.54) is 0 Å². The van der Waals surface area contributed by atoms with E-state index in [1.54, 1.807) is 10.9 Å². The van der Waals surface area contributed by atoms with Crippen LogP contribution in [0.3, 0.4) is 0 Å². The number of rotatable bonds is 2. The minimum absolute atomic E-state index is 0.191. The van der Waals surface area contributed by atoms with Crippen molar-refractivity contribution in [2.75, 3.05) is 0 Å². The van der Waals surface area contributed by atoms with E-state index < -0.39 is 0 Å². The predicted molar refractivity (Wildman–Crippen MR) is 76.5 cm³/mol. The zero-order chi connectivity index (χ0) is 13.9. The summed E-state index contributed by atoms with van der Waals surface area (Å²) in [5.41, 5.74) is 1.75. The molecule has 20 heavy (non-hydrogen) atoms. The second kappa shape index (κ2) is 5.16. The maximum Gasteiger partial charge on any atom is 0.182 e. The molecule has 1 aromatic carbocycles. The fourth-order valence-corrected chi connectivity index (χ4v) is 2.23. The van der Waals surface area contributed by atoms with Crippen molar-refractivity contribution in [2.24, 2.45) is 0 Å². The fourth-order valence-electron chi connectivity index (χ4n) is 1.96. The van der Waals surface area contributed by atoms with Crippen LogP contribution in [0.5, 0.6) is 0 Å². The van der Waals surface area contributed by atoms with Crippen molar-refractivity contribution < 1.29 is 0 Å². The molecule has 96 valence electrons. The maximum absolute atomic E-state index is 9.12. The predicted octanol–water partition coefficient (Wildman–Crippen LogP) is 3.46. The minimum Gasteiger partial charge on any atom is -0.237 e. The molecular formula is C15H9ClN4. The summed E-state index contributed by atoms with van der Waals surface area (Å²) in [5.74, 6) is 0.620. The number of nitrogens with zero attached hydrogens (tertiary/aromatic N) is 4. The topological polar surface area (TPSA) is 54.5 Å². The van der Waals surface area contributed by atoms with Gasteiger partial charge in [0.1, 0.15) is 11.1 Å². The Labute approximate surface area is 120 Å². The molecule has 0 bridgehead atoms. The first-order chi connectivity index (χ1) is 9.81. The van der Waals surface area contributed by atoms with Crippen LogP contribution in [0.1, 0.15) is 5.69 Å². The van der Waals surface area contributed by atoms with Gasteiger partial charge in [-0.3, -0.25) is 0 Å². The molecule has 0 amide bonds. The van der Waals surface area contributed by atoms with Crippen molar-refractivity contribution in [1.82, 2.24) is 14.8 Å². The third kappa shape index (κ3) is 2.04. The summed E-state index contributed by atoms with van der Waals surface area (Å²) in [4.78, 5) is 4.26. The van der Waals surface area contributed by atoms with Gasteiger partial charge in [0.05, 0.1) is 5.69 Å². The molecule has 0 N–H and O–H groups in total. The third-order valence-electron chi connectivity index (χ3n) is 2.85. The zero-order valence-electron chi connectivity index (χ0n) is 10.4. The van der Waals surface area contributed by atoms with Gasteiger partial charge in [-0.15, -0.1) is 0 Å². The number of hydrogen-bond donors (Lipinski definition) is 0. The first kappa shape index (κ1) is 12.4. The van der Waals surface area contributed by atoms with Crippen molar-refractivity contribution in [2.45, 2.75) is 0 Å². The average Bonchev–Trinajstić information content (AvgIpc) is 2.86. The van der Waals surface area contributed by atoms with Crippen molar-refractivity contribution in [1.29, 1.82) is 5.26 Å². The summed E-state index contributed by atoms with van der Waals surface area (Å²) in [6.07, 6.45) is 1.67. The number of pyridine rings is 1. The molecule has 2 heterocycles. The van der Waals surface area contributed by atoms with Crippen LogP contribution in [-0.2, 0) is 0 Å². The lowest BCUT2D eigenvalue weighted by Gasteiger charge is -2.06. The normalized spacial score (nSPS) is 10.2. The lowest BCUT2D eigenvalue weighted by atomic mass is 10.1. The molecule has 0 spiro atoms. The number of halogens is 1. The number of hydrogen-bond acceptors (Lipinski definition) is 3. The first-order valence-electron chi connectivity index (χ1n) is 5.96. The Morgan fingerprint density at radius 3 is 2.45 bits per heavy atom. The van der Waals surface area contributed by atoms with E-state index in [-0.39, 0.29) is 5.69 Å². The van der Waals surface area contributed by atoms with E-state index in [1.807, 2.05) is 54.6 Å².